The molecule has 0 aliphatic carbocycles. The molecule has 2 aromatic carbocycles. The minimum Gasteiger partial charge on any atom is -0.485 e. The van der Waals surface area contributed by atoms with Gasteiger partial charge in [-0.2, -0.15) is 0 Å². The van der Waals surface area contributed by atoms with Gasteiger partial charge in [0.1, 0.15) is 12.3 Å². The molecular formula is C23H19N3O3. The summed E-state index contributed by atoms with van der Waals surface area (Å²) in [7, 11) is 0. The van der Waals surface area contributed by atoms with E-state index in [9.17, 15) is 4.79 Å². The molecule has 1 unspecified atom stereocenters. The number of hydrogen-bond donors (Lipinski definition) is 1. The molecule has 1 aliphatic heterocycles. The van der Waals surface area contributed by atoms with Crippen molar-refractivity contribution < 1.29 is 14.3 Å². The average Bonchev–Trinajstić information content (AvgIpc) is 3.19. The molecule has 1 N–H and O–H groups in total. The molecule has 1 atom stereocenters. The number of amides is 1. The van der Waals surface area contributed by atoms with Crippen molar-refractivity contribution in [1.82, 2.24) is 9.38 Å². The smallest absolute Gasteiger partial charge is 0.269 e. The number of nitrogens with one attached hydrogen (secondary N) is 1. The van der Waals surface area contributed by atoms with Crippen molar-refractivity contribution in [2.24, 2.45) is 0 Å². The highest BCUT2D eigenvalue weighted by Gasteiger charge is 2.28. The predicted octanol–water partition coefficient (Wildman–Crippen LogP) is 4.09. The first-order valence-corrected chi connectivity index (χ1v) is 9.42. The molecule has 0 radical (unpaired) electrons. The molecule has 0 saturated carbocycles. The van der Waals surface area contributed by atoms with Gasteiger partial charge in [-0.1, -0.05) is 36.4 Å². The third kappa shape index (κ3) is 3.18. The number of nitrogens with zero attached hydrogens (tertiary/aromatic N) is 2. The number of hydrogen-bond acceptors (Lipinski definition) is 4. The molecule has 5 rings (SSSR count). The van der Waals surface area contributed by atoms with Crippen LogP contribution in [0, 0.1) is 6.92 Å². The Balaban J connectivity index is 1.42. The number of aromatic nitrogens is 2. The minimum absolute atomic E-state index is 0.165. The van der Waals surface area contributed by atoms with E-state index in [1.165, 1.54) is 0 Å². The van der Waals surface area contributed by atoms with Gasteiger partial charge in [-0.3, -0.25) is 4.79 Å². The number of rotatable bonds is 3. The fourth-order valence-electron chi connectivity index (χ4n) is 3.46. The van der Waals surface area contributed by atoms with Crippen LogP contribution in [-0.2, 0) is 4.79 Å². The lowest BCUT2D eigenvalue weighted by molar-refractivity contribution is -0.125. The van der Waals surface area contributed by atoms with E-state index in [-0.39, 0.29) is 12.5 Å². The average molecular weight is 385 g/mol. The van der Waals surface area contributed by atoms with Crippen molar-refractivity contribution in [2.75, 3.05) is 11.9 Å². The molecule has 2 aromatic heterocycles. The summed E-state index contributed by atoms with van der Waals surface area (Å²) >= 11 is 0. The van der Waals surface area contributed by atoms with Crippen LogP contribution < -0.4 is 14.8 Å². The quantitative estimate of drug-likeness (QED) is 0.577. The van der Waals surface area contributed by atoms with Gasteiger partial charge in [-0.25, -0.2) is 4.98 Å². The van der Waals surface area contributed by atoms with Crippen LogP contribution in [0.5, 0.6) is 11.5 Å². The zero-order valence-corrected chi connectivity index (χ0v) is 15.8. The number of imidazole rings is 1. The zero-order chi connectivity index (χ0) is 19.8. The van der Waals surface area contributed by atoms with Gasteiger partial charge < -0.3 is 19.2 Å². The normalized spacial score (nSPS) is 15.3. The van der Waals surface area contributed by atoms with Gasteiger partial charge in [0.25, 0.3) is 5.91 Å². The molecule has 29 heavy (non-hydrogen) atoms. The van der Waals surface area contributed by atoms with Gasteiger partial charge in [-0.15, -0.1) is 0 Å². The summed E-state index contributed by atoms with van der Waals surface area (Å²) in [5, 5.41) is 2.98. The third-order valence-corrected chi connectivity index (χ3v) is 4.94. The molecule has 1 aliphatic rings. The van der Waals surface area contributed by atoms with Crippen LogP contribution in [-0.4, -0.2) is 28.0 Å². The van der Waals surface area contributed by atoms with E-state index in [0.29, 0.717) is 17.2 Å². The van der Waals surface area contributed by atoms with Crippen molar-refractivity contribution >= 4 is 17.2 Å². The van der Waals surface area contributed by atoms with E-state index in [2.05, 4.69) is 5.32 Å². The Hall–Kier alpha value is -3.80. The van der Waals surface area contributed by atoms with E-state index < -0.39 is 6.10 Å². The van der Waals surface area contributed by atoms with Gasteiger partial charge >= 0.3 is 0 Å². The maximum Gasteiger partial charge on any atom is 0.269 e. The van der Waals surface area contributed by atoms with E-state index in [1.807, 2.05) is 78.3 Å². The lowest BCUT2D eigenvalue weighted by Gasteiger charge is -2.25. The van der Waals surface area contributed by atoms with Gasteiger partial charge in [0.2, 0.25) is 6.10 Å². The predicted molar refractivity (Wildman–Crippen MR) is 110 cm³/mol. The Kier molecular flexibility index (Phi) is 4.17. The highest BCUT2D eigenvalue weighted by Crippen LogP contribution is 2.32. The summed E-state index contributed by atoms with van der Waals surface area (Å²) < 4.78 is 13.5. The van der Waals surface area contributed by atoms with Crippen molar-refractivity contribution in [3.05, 3.63) is 78.6 Å². The highest BCUT2D eigenvalue weighted by atomic mass is 16.6. The number of aryl methyl sites for hydroxylation is 1. The zero-order valence-electron chi connectivity index (χ0n) is 15.8. The van der Waals surface area contributed by atoms with Crippen LogP contribution in [0.2, 0.25) is 0 Å². The molecule has 6 nitrogen and oxygen atoms in total. The van der Waals surface area contributed by atoms with Gasteiger partial charge in [-0.05, 0) is 36.8 Å². The van der Waals surface area contributed by atoms with Crippen LogP contribution in [0.25, 0.3) is 16.9 Å². The maximum absolute atomic E-state index is 12.8. The Bertz CT molecular complexity index is 1210. The van der Waals surface area contributed by atoms with Gasteiger partial charge in [0, 0.05) is 18.0 Å². The van der Waals surface area contributed by atoms with Gasteiger partial charge in [0.15, 0.2) is 11.5 Å². The topological polar surface area (TPSA) is 64.9 Å². The molecule has 6 heteroatoms. The van der Waals surface area contributed by atoms with Crippen molar-refractivity contribution in [2.45, 2.75) is 13.0 Å². The molecule has 1 amide bonds. The Morgan fingerprint density at radius 3 is 2.72 bits per heavy atom. The monoisotopic (exact) mass is 385 g/mol. The third-order valence-electron chi connectivity index (χ3n) is 4.94. The highest BCUT2D eigenvalue weighted by molar-refractivity contribution is 5.98. The van der Waals surface area contributed by atoms with Crippen LogP contribution in [0.4, 0.5) is 5.69 Å². The number of carbonyl (C=O) groups is 1. The second kappa shape index (κ2) is 6.98. The molecular weight excluding hydrogens is 366 g/mol. The molecule has 0 spiro atoms. The SMILES string of the molecule is Cc1cccn2cc(-c3ccccc3NC(=O)C3COc4ccccc4O3)nc12. The maximum atomic E-state index is 12.8. The molecule has 0 bridgehead atoms. The number of benzene rings is 2. The van der Waals surface area contributed by atoms with Gasteiger partial charge in [0.05, 0.1) is 11.4 Å². The lowest BCUT2D eigenvalue weighted by atomic mass is 10.1. The second-order valence-corrected chi connectivity index (χ2v) is 6.95. The Labute approximate surface area is 167 Å². The fourth-order valence-corrected chi connectivity index (χ4v) is 3.46. The molecule has 3 heterocycles. The van der Waals surface area contributed by atoms with E-state index in [1.54, 1.807) is 6.07 Å². The lowest BCUT2D eigenvalue weighted by Crippen LogP contribution is -2.40. The summed E-state index contributed by atoms with van der Waals surface area (Å²) in [4.78, 5) is 17.6. The number of ether oxygens (including phenoxy) is 2. The number of para-hydroxylation sites is 3. The number of fused-ring (bicyclic) bond motifs is 2. The van der Waals surface area contributed by atoms with E-state index in [4.69, 9.17) is 14.5 Å². The number of anilines is 1. The molecule has 144 valence electrons. The standard InChI is InChI=1S/C23H19N3O3/c1-15-7-6-12-26-13-18(24-22(15)26)16-8-2-3-9-17(16)25-23(27)21-14-28-19-10-4-5-11-20(19)29-21/h2-13,21H,14H2,1H3,(H,25,27). The molecule has 0 fully saturated rings. The van der Waals surface area contributed by atoms with E-state index >= 15 is 0 Å². The van der Waals surface area contributed by atoms with Crippen LogP contribution in [0.3, 0.4) is 0 Å². The summed E-state index contributed by atoms with van der Waals surface area (Å²) in [6, 6.07) is 19.0. The first kappa shape index (κ1) is 17.3. The fraction of sp³-hybridized carbons (Fsp3) is 0.130. The minimum atomic E-state index is -0.721. The molecule has 0 saturated heterocycles. The first-order valence-electron chi connectivity index (χ1n) is 9.42. The van der Waals surface area contributed by atoms with Crippen molar-refractivity contribution in [3.63, 3.8) is 0 Å². The Morgan fingerprint density at radius 2 is 1.86 bits per heavy atom. The Morgan fingerprint density at radius 1 is 1.07 bits per heavy atom. The van der Waals surface area contributed by atoms with Crippen molar-refractivity contribution in [3.8, 4) is 22.8 Å². The summed E-state index contributed by atoms with van der Waals surface area (Å²) in [6.45, 7) is 2.19. The van der Waals surface area contributed by atoms with Crippen LogP contribution in [0.15, 0.2) is 73.1 Å². The number of carbonyl (C=O) groups excluding carboxylic acids is 1. The second-order valence-electron chi connectivity index (χ2n) is 6.95. The van der Waals surface area contributed by atoms with Crippen LogP contribution in [0.1, 0.15) is 5.56 Å². The van der Waals surface area contributed by atoms with E-state index in [0.717, 1.165) is 22.5 Å². The summed E-state index contributed by atoms with van der Waals surface area (Å²) in [5.41, 5.74) is 4.30. The summed E-state index contributed by atoms with van der Waals surface area (Å²) in [6.07, 6.45) is 3.20. The largest absolute Gasteiger partial charge is 0.485 e. The van der Waals surface area contributed by atoms with Crippen LogP contribution >= 0.6 is 0 Å². The first-order chi connectivity index (χ1) is 14.2. The van der Waals surface area contributed by atoms with Crippen molar-refractivity contribution in [1.29, 1.82) is 0 Å². The summed E-state index contributed by atoms with van der Waals surface area (Å²) in [5.74, 6) is 0.965. The molecule has 4 aromatic rings. The number of pyridine rings is 1.